The molecule has 0 atom stereocenters. The van der Waals surface area contributed by atoms with E-state index in [-0.39, 0.29) is 11.6 Å². The second-order valence-corrected chi connectivity index (χ2v) is 7.24. The number of nitro groups is 1. The number of hydrogen-bond donors (Lipinski definition) is 1. The van der Waals surface area contributed by atoms with E-state index in [1.54, 1.807) is 30.7 Å². The lowest BCUT2D eigenvalue weighted by Gasteiger charge is -2.09. The van der Waals surface area contributed by atoms with Gasteiger partial charge >= 0.3 is 5.69 Å². The molecule has 0 saturated heterocycles. The summed E-state index contributed by atoms with van der Waals surface area (Å²) in [5, 5.41) is 18.1. The van der Waals surface area contributed by atoms with Crippen LogP contribution in [0.2, 0.25) is 0 Å². The van der Waals surface area contributed by atoms with E-state index in [1.807, 2.05) is 36.4 Å². The van der Waals surface area contributed by atoms with Gasteiger partial charge in [-0.1, -0.05) is 31.2 Å². The van der Waals surface area contributed by atoms with Gasteiger partial charge in [-0.15, -0.1) is 0 Å². The topological polar surface area (TPSA) is 99.3 Å². The van der Waals surface area contributed by atoms with Gasteiger partial charge in [0.1, 0.15) is 23.7 Å². The molecule has 1 heterocycles. The number of nitrogens with zero attached hydrogens (tertiary/aromatic N) is 3. The zero-order chi connectivity index (χ0) is 22.4. The van der Waals surface area contributed by atoms with Crippen LogP contribution in [0.25, 0.3) is 0 Å². The highest BCUT2D eigenvalue weighted by Crippen LogP contribution is 2.21. The van der Waals surface area contributed by atoms with Crippen molar-refractivity contribution in [1.29, 1.82) is 0 Å². The van der Waals surface area contributed by atoms with E-state index in [2.05, 4.69) is 17.3 Å². The highest BCUT2D eigenvalue weighted by atomic mass is 16.6. The van der Waals surface area contributed by atoms with Gasteiger partial charge in [-0.25, -0.2) is 0 Å². The summed E-state index contributed by atoms with van der Waals surface area (Å²) >= 11 is 0. The van der Waals surface area contributed by atoms with Crippen molar-refractivity contribution >= 4 is 11.6 Å². The quantitative estimate of drug-likeness (QED) is 0.415. The molecule has 1 aromatic heterocycles. The molecule has 0 bridgehead atoms. The van der Waals surface area contributed by atoms with Crippen molar-refractivity contribution in [2.45, 2.75) is 40.3 Å². The average molecular weight is 422 g/mol. The van der Waals surface area contributed by atoms with Gasteiger partial charge in [-0.05, 0) is 55.7 Å². The molecule has 0 aliphatic carbocycles. The van der Waals surface area contributed by atoms with Gasteiger partial charge in [0.2, 0.25) is 0 Å². The van der Waals surface area contributed by atoms with Crippen LogP contribution in [0.3, 0.4) is 0 Å². The Morgan fingerprint density at radius 2 is 1.90 bits per heavy atom. The first kappa shape index (κ1) is 22.0. The number of carbonyl (C=O) groups is 1. The smallest absolute Gasteiger partial charge is 0.312 e. The van der Waals surface area contributed by atoms with Crippen molar-refractivity contribution in [3.8, 4) is 5.75 Å². The molecule has 162 valence electrons. The second kappa shape index (κ2) is 9.88. The van der Waals surface area contributed by atoms with Gasteiger partial charge in [0.05, 0.1) is 11.5 Å². The van der Waals surface area contributed by atoms with Gasteiger partial charge in [0.15, 0.2) is 0 Å². The van der Waals surface area contributed by atoms with Crippen LogP contribution >= 0.6 is 0 Å². The third-order valence-corrected chi connectivity index (χ3v) is 5.06. The Morgan fingerprint density at radius 1 is 1.16 bits per heavy atom. The lowest BCUT2D eigenvalue weighted by atomic mass is 10.1. The van der Waals surface area contributed by atoms with E-state index in [4.69, 9.17) is 4.74 Å². The number of aromatic nitrogens is 2. The molecular formula is C23H26N4O4. The molecule has 0 radical (unpaired) electrons. The molecule has 1 N–H and O–H groups in total. The highest BCUT2D eigenvalue weighted by molar-refractivity contribution is 5.94. The number of rotatable bonds is 9. The Morgan fingerprint density at radius 3 is 2.55 bits per heavy atom. The number of ether oxygens (including phenoxy) is 1. The monoisotopic (exact) mass is 422 g/mol. The van der Waals surface area contributed by atoms with Gasteiger partial charge in [-0.2, -0.15) is 5.10 Å². The van der Waals surface area contributed by atoms with Crippen molar-refractivity contribution in [2.24, 2.45) is 0 Å². The first-order valence-corrected chi connectivity index (χ1v) is 10.2. The minimum absolute atomic E-state index is 0.0170. The van der Waals surface area contributed by atoms with Crippen LogP contribution in [-0.4, -0.2) is 27.2 Å². The number of hydrogen-bond acceptors (Lipinski definition) is 5. The fourth-order valence-corrected chi connectivity index (χ4v) is 3.34. The largest absolute Gasteiger partial charge is 0.489 e. The second-order valence-electron chi connectivity index (χ2n) is 7.24. The first-order valence-electron chi connectivity index (χ1n) is 10.2. The zero-order valence-electron chi connectivity index (χ0n) is 17.9. The van der Waals surface area contributed by atoms with Crippen LogP contribution in [-0.2, 0) is 19.6 Å². The zero-order valence-corrected chi connectivity index (χ0v) is 17.9. The fraction of sp³-hybridized carbons (Fsp3) is 0.304. The molecule has 2 aromatic carbocycles. The van der Waals surface area contributed by atoms with E-state index in [9.17, 15) is 14.9 Å². The van der Waals surface area contributed by atoms with E-state index in [0.29, 0.717) is 36.6 Å². The number of aryl methyl sites for hydroxylation is 2. The molecule has 8 nitrogen and oxygen atoms in total. The maximum atomic E-state index is 12.5. The summed E-state index contributed by atoms with van der Waals surface area (Å²) in [5.41, 5.74) is 3.53. The van der Waals surface area contributed by atoms with Crippen molar-refractivity contribution in [3.05, 3.63) is 86.7 Å². The summed E-state index contributed by atoms with van der Waals surface area (Å²) in [4.78, 5) is 23.2. The lowest BCUT2D eigenvalue weighted by molar-refractivity contribution is -0.386. The highest BCUT2D eigenvalue weighted by Gasteiger charge is 2.21. The normalized spacial score (nSPS) is 10.7. The van der Waals surface area contributed by atoms with Crippen LogP contribution < -0.4 is 10.1 Å². The van der Waals surface area contributed by atoms with Crippen LogP contribution in [0.4, 0.5) is 5.69 Å². The molecule has 3 aromatic rings. The van der Waals surface area contributed by atoms with Crippen LogP contribution in [0.15, 0.2) is 48.5 Å². The average Bonchev–Trinajstić information content (AvgIpc) is 3.05. The summed E-state index contributed by atoms with van der Waals surface area (Å²) in [6.07, 6.45) is 0.980. The van der Waals surface area contributed by atoms with E-state index >= 15 is 0 Å². The molecule has 8 heteroatoms. The molecule has 0 fully saturated rings. The minimum Gasteiger partial charge on any atom is -0.489 e. The van der Waals surface area contributed by atoms with E-state index in [0.717, 1.165) is 17.7 Å². The van der Waals surface area contributed by atoms with E-state index in [1.165, 1.54) is 5.56 Å². The number of carbonyl (C=O) groups excluding carboxylic acids is 1. The predicted octanol–water partition coefficient (Wildman–Crippen LogP) is 3.98. The van der Waals surface area contributed by atoms with Crippen molar-refractivity contribution in [2.75, 3.05) is 6.54 Å². The van der Waals surface area contributed by atoms with Crippen LogP contribution in [0.5, 0.6) is 5.75 Å². The van der Waals surface area contributed by atoms with Gasteiger partial charge < -0.3 is 10.1 Å². The molecule has 0 aliphatic heterocycles. The van der Waals surface area contributed by atoms with E-state index < -0.39 is 4.92 Å². The summed E-state index contributed by atoms with van der Waals surface area (Å²) in [6, 6.07) is 15.2. The lowest BCUT2D eigenvalue weighted by Crippen LogP contribution is -2.27. The van der Waals surface area contributed by atoms with Gasteiger partial charge in [-0.3, -0.25) is 19.6 Å². The molecule has 0 aliphatic rings. The SMILES string of the molecule is CCc1ccc(OCc2cccc(C(=O)NCCn3nc(C)c([N+](=O)[O-])c3C)c2)cc1. The molecular weight excluding hydrogens is 396 g/mol. The third kappa shape index (κ3) is 5.48. The number of amides is 1. The third-order valence-electron chi connectivity index (χ3n) is 5.06. The standard InChI is InChI=1S/C23H26N4O4/c1-4-18-8-10-21(11-9-18)31-15-19-6-5-7-20(14-19)23(28)24-12-13-26-17(3)22(27(29)30)16(2)25-26/h5-11,14H,4,12-13,15H2,1-3H3,(H,24,28). The van der Waals surface area contributed by atoms with Crippen molar-refractivity contribution in [1.82, 2.24) is 15.1 Å². The molecule has 0 unspecified atom stereocenters. The minimum atomic E-state index is -0.432. The Kier molecular flexibility index (Phi) is 7.02. The molecule has 1 amide bonds. The molecule has 0 saturated carbocycles. The predicted molar refractivity (Wildman–Crippen MR) is 117 cm³/mol. The fourth-order valence-electron chi connectivity index (χ4n) is 3.34. The molecule has 3 rings (SSSR count). The van der Waals surface area contributed by atoms with Crippen LogP contribution in [0, 0.1) is 24.0 Å². The first-order chi connectivity index (χ1) is 14.9. The summed E-state index contributed by atoms with van der Waals surface area (Å²) in [7, 11) is 0. The summed E-state index contributed by atoms with van der Waals surface area (Å²) in [6.45, 7) is 6.38. The maximum Gasteiger partial charge on any atom is 0.312 e. The molecule has 0 spiro atoms. The Hall–Kier alpha value is -3.68. The van der Waals surface area contributed by atoms with Crippen molar-refractivity contribution in [3.63, 3.8) is 0 Å². The maximum absolute atomic E-state index is 12.5. The van der Waals surface area contributed by atoms with Crippen LogP contribution in [0.1, 0.15) is 39.8 Å². The Labute approximate surface area is 181 Å². The van der Waals surface area contributed by atoms with Crippen molar-refractivity contribution < 1.29 is 14.5 Å². The Balaban J connectivity index is 1.55. The molecule has 31 heavy (non-hydrogen) atoms. The summed E-state index contributed by atoms with van der Waals surface area (Å²) < 4.78 is 7.36. The van der Waals surface area contributed by atoms with Gasteiger partial charge in [0.25, 0.3) is 5.91 Å². The summed E-state index contributed by atoms with van der Waals surface area (Å²) in [5.74, 6) is 0.566. The van der Waals surface area contributed by atoms with Gasteiger partial charge in [0, 0.05) is 12.1 Å². The Bertz CT molecular complexity index is 1070. The number of benzene rings is 2. The number of nitrogens with one attached hydrogen (secondary N) is 1.